The zero-order valence-electron chi connectivity index (χ0n) is 22.9. The molecular formula is C32H44O5. The molecule has 1 aliphatic rings. The van der Waals surface area contributed by atoms with Crippen LogP contribution in [0, 0.1) is 13.8 Å². The molecule has 3 N–H and O–H groups in total. The van der Waals surface area contributed by atoms with Gasteiger partial charge in [0.1, 0.15) is 12.4 Å². The maximum Gasteiger partial charge on any atom is 0.303 e. The van der Waals surface area contributed by atoms with E-state index in [0.717, 1.165) is 49.7 Å². The van der Waals surface area contributed by atoms with Crippen molar-refractivity contribution in [2.45, 2.75) is 103 Å². The van der Waals surface area contributed by atoms with Crippen molar-refractivity contribution in [3.8, 4) is 5.75 Å². The van der Waals surface area contributed by atoms with Gasteiger partial charge in [0.05, 0.1) is 11.7 Å². The fraction of sp³-hybridized carbons (Fsp3) is 0.531. The van der Waals surface area contributed by atoms with Crippen LogP contribution in [0.25, 0.3) is 6.08 Å². The second-order valence-electron chi connectivity index (χ2n) is 10.7. The minimum atomic E-state index is -0.920. The van der Waals surface area contributed by atoms with E-state index in [2.05, 4.69) is 57.2 Å². The average molecular weight is 509 g/mol. The highest BCUT2D eigenvalue weighted by Gasteiger charge is 2.31. The molecule has 0 heterocycles. The highest BCUT2D eigenvalue weighted by atomic mass is 16.5. The predicted molar refractivity (Wildman–Crippen MR) is 149 cm³/mol. The van der Waals surface area contributed by atoms with Gasteiger partial charge in [-0.05, 0) is 79.8 Å². The van der Waals surface area contributed by atoms with Crippen molar-refractivity contribution in [1.29, 1.82) is 0 Å². The van der Waals surface area contributed by atoms with Crippen LogP contribution in [0.5, 0.6) is 5.75 Å². The van der Waals surface area contributed by atoms with Gasteiger partial charge in [0.25, 0.3) is 0 Å². The van der Waals surface area contributed by atoms with E-state index in [0.29, 0.717) is 5.75 Å². The molecule has 37 heavy (non-hydrogen) atoms. The molecule has 0 aromatic heterocycles. The first-order chi connectivity index (χ1) is 17.6. The fourth-order valence-electron chi connectivity index (χ4n) is 5.64. The van der Waals surface area contributed by atoms with Gasteiger partial charge in [-0.15, -0.1) is 0 Å². The topological polar surface area (TPSA) is 87.0 Å². The summed E-state index contributed by atoms with van der Waals surface area (Å²) in [5, 5.41) is 29.7. The lowest BCUT2D eigenvalue weighted by Gasteiger charge is -2.34. The van der Waals surface area contributed by atoms with Crippen LogP contribution < -0.4 is 4.74 Å². The first-order valence-electron chi connectivity index (χ1n) is 13.8. The van der Waals surface area contributed by atoms with Gasteiger partial charge in [-0.1, -0.05) is 75.6 Å². The highest BCUT2D eigenvalue weighted by Crippen LogP contribution is 2.41. The molecule has 202 valence electrons. The monoisotopic (exact) mass is 508 g/mol. The minimum absolute atomic E-state index is 0.0729. The molecular weight excluding hydrogens is 464 g/mol. The Labute approximate surface area is 222 Å². The molecule has 0 aliphatic heterocycles. The van der Waals surface area contributed by atoms with Gasteiger partial charge in [-0.25, -0.2) is 0 Å². The zero-order valence-corrected chi connectivity index (χ0v) is 22.9. The number of benzene rings is 2. The molecule has 0 amide bonds. The maximum atomic E-state index is 10.9. The van der Waals surface area contributed by atoms with Crippen LogP contribution in [-0.2, 0) is 10.2 Å². The number of hydrogen-bond acceptors (Lipinski definition) is 4. The van der Waals surface area contributed by atoms with Gasteiger partial charge in [0, 0.05) is 11.8 Å². The Bertz CT molecular complexity index is 1080. The predicted octanol–water partition coefficient (Wildman–Crippen LogP) is 6.72. The van der Waals surface area contributed by atoms with E-state index in [1.165, 1.54) is 23.1 Å². The molecule has 2 aromatic carbocycles. The van der Waals surface area contributed by atoms with Crippen LogP contribution in [0.2, 0.25) is 0 Å². The van der Waals surface area contributed by atoms with Gasteiger partial charge in [-0.2, -0.15) is 0 Å². The van der Waals surface area contributed by atoms with E-state index in [-0.39, 0.29) is 24.9 Å². The SMILES string of the molecule is CCC(CC)(c1ccc(C=CC2(O)CCCCC2)c(C)c1)c1ccc(OC[C@@H](O)CCC(=O)O)c(C)c1. The van der Waals surface area contributed by atoms with Crippen LogP contribution in [0.4, 0.5) is 0 Å². The molecule has 2 aromatic rings. The lowest BCUT2D eigenvalue weighted by molar-refractivity contribution is -0.137. The number of aliphatic hydroxyl groups excluding tert-OH is 1. The molecule has 0 saturated heterocycles. The lowest BCUT2D eigenvalue weighted by atomic mass is 9.70. The normalized spacial score (nSPS) is 16.6. The third-order valence-corrected chi connectivity index (χ3v) is 8.17. The first kappa shape index (κ1) is 28.9. The number of carboxylic acids is 1. The minimum Gasteiger partial charge on any atom is -0.491 e. The molecule has 1 fully saturated rings. The number of ether oxygens (including phenoxy) is 1. The second kappa shape index (κ2) is 12.7. The second-order valence-corrected chi connectivity index (χ2v) is 10.7. The van der Waals surface area contributed by atoms with Crippen LogP contribution >= 0.6 is 0 Å². The summed E-state index contributed by atoms with van der Waals surface area (Å²) in [5.41, 5.74) is 5.03. The van der Waals surface area contributed by atoms with Crippen molar-refractivity contribution in [1.82, 2.24) is 0 Å². The standard InChI is InChI=1S/C32H44O5/c1-5-32(6-2,27-12-14-29(24(4)21-27)37-22-28(33)13-15-30(34)35)26-11-10-25(23(3)20-26)16-19-31(36)17-8-7-9-18-31/h10-12,14,16,19-21,28,33,36H,5-9,13,15,17-18,22H2,1-4H3,(H,34,35)/t28-/m0/s1. The third-order valence-electron chi connectivity index (χ3n) is 8.17. The van der Waals surface area contributed by atoms with Gasteiger partial charge in [-0.3, -0.25) is 4.79 Å². The number of hydrogen-bond donors (Lipinski definition) is 3. The molecule has 0 unspecified atom stereocenters. The highest BCUT2D eigenvalue weighted by molar-refractivity contribution is 5.66. The molecule has 1 aliphatic carbocycles. The fourth-order valence-corrected chi connectivity index (χ4v) is 5.64. The number of aliphatic carboxylic acids is 1. The third kappa shape index (κ3) is 7.24. The van der Waals surface area contributed by atoms with Gasteiger partial charge in [0.15, 0.2) is 0 Å². The largest absolute Gasteiger partial charge is 0.491 e. The van der Waals surface area contributed by atoms with Crippen molar-refractivity contribution in [3.63, 3.8) is 0 Å². The van der Waals surface area contributed by atoms with Crippen LogP contribution in [0.15, 0.2) is 42.5 Å². The van der Waals surface area contributed by atoms with Crippen molar-refractivity contribution in [2.24, 2.45) is 0 Å². The summed E-state index contributed by atoms with van der Waals surface area (Å²) < 4.78 is 5.82. The van der Waals surface area contributed by atoms with Gasteiger partial charge in [0.2, 0.25) is 0 Å². The van der Waals surface area contributed by atoms with Crippen molar-refractivity contribution < 1.29 is 24.9 Å². The lowest BCUT2D eigenvalue weighted by Crippen LogP contribution is -2.28. The molecule has 1 saturated carbocycles. The maximum absolute atomic E-state index is 10.9. The summed E-state index contributed by atoms with van der Waals surface area (Å²) in [6, 6.07) is 12.9. The first-order valence-corrected chi connectivity index (χ1v) is 13.8. The number of aliphatic hydroxyl groups is 2. The quantitative estimate of drug-likeness (QED) is 0.296. The number of rotatable bonds is 12. The molecule has 0 spiro atoms. The zero-order chi connectivity index (χ0) is 27.1. The summed E-state index contributed by atoms with van der Waals surface area (Å²) in [5.74, 6) is -0.215. The summed E-state index contributed by atoms with van der Waals surface area (Å²) >= 11 is 0. The van der Waals surface area contributed by atoms with E-state index in [1.807, 2.05) is 19.1 Å². The number of aryl methyl sites for hydroxylation is 2. The van der Waals surface area contributed by atoms with Crippen LogP contribution in [0.1, 0.15) is 99.5 Å². The van der Waals surface area contributed by atoms with Crippen molar-refractivity contribution in [2.75, 3.05) is 6.61 Å². The van der Waals surface area contributed by atoms with E-state index < -0.39 is 17.7 Å². The van der Waals surface area contributed by atoms with E-state index in [9.17, 15) is 15.0 Å². The average Bonchev–Trinajstić information content (AvgIpc) is 2.88. The molecule has 1 atom stereocenters. The Morgan fingerprint density at radius 3 is 2.22 bits per heavy atom. The van der Waals surface area contributed by atoms with E-state index in [4.69, 9.17) is 9.84 Å². The van der Waals surface area contributed by atoms with E-state index in [1.54, 1.807) is 0 Å². The molecule has 5 heteroatoms. The summed E-state index contributed by atoms with van der Waals surface area (Å²) in [6.45, 7) is 8.67. The van der Waals surface area contributed by atoms with Crippen molar-refractivity contribution in [3.05, 3.63) is 70.3 Å². The Hall–Kier alpha value is -2.63. The Balaban J connectivity index is 1.80. The Morgan fingerprint density at radius 2 is 1.65 bits per heavy atom. The molecule has 5 nitrogen and oxygen atoms in total. The smallest absolute Gasteiger partial charge is 0.303 e. The van der Waals surface area contributed by atoms with Crippen LogP contribution in [0.3, 0.4) is 0 Å². The molecule has 0 radical (unpaired) electrons. The van der Waals surface area contributed by atoms with Crippen molar-refractivity contribution >= 4 is 12.0 Å². The van der Waals surface area contributed by atoms with E-state index >= 15 is 0 Å². The summed E-state index contributed by atoms with van der Waals surface area (Å²) in [6.07, 6.45) is 10.3. The Kier molecular flexibility index (Phi) is 9.97. The number of carboxylic acid groups (broad SMARTS) is 1. The van der Waals surface area contributed by atoms with Crippen LogP contribution in [-0.4, -0.2) is 39.6 Å². The Morgan fingerprint density at radius 1 is 1.03 bits per heavy atom. The molecule has 3 rings (SSSR count). The van der Waals surface area contributed by atoms with Gasteiger partial charge >= 0.3 is 5.97 Å². The number of carbonyl (C=O) groups is 1. The van der Waals surface area contributed by atoms with Gasteiger partial charge < -0.3 is 20.1 Å². The summed E-state index contributed by atoms with van der Waals surface area (Å²) in [4.78, 5) is 10.7. The molecule has 0 bridgehead atoms. The summed E-state index contributed by atoms with van der Waals surface area (Å²) in [7, 11) is 0.